The number of rotatable bonds is 3. The summed E-state index contributed by atoms with van der Waals surface area (Å²) in [7, 11) is 1.74. The Morgan fingerprint density at radius 2 is 2.18 bits per heavy atom. The average Bonchev–Trinajstić information content (AvgIpc) is 3.22. The van der Waals surface area contributed by atoms with Crippen LogP contribution in [0, 0.1) is 17.1 Å². The van der Waals surface area contributed by atoms with Gasteiger partial charge in [0.15, 0.2) is 0 Å². The molecule has 140 valence electrons. The van der Waals surface area contributed by atoms with Crippen LogP contribution >= 0.6 is 0 Å². The second-order valence-corrected chi connectivity index (χ2v) is 7.16. The molecule has 0 atom stereocenters. The van der Waals surface area contributed by atoms with Gasteiger partial charge in [0, 0.05) is 12.4 Å². The topological polar surface area (TPSA) is 95.4 Å². The Hall–Kier alpha value is -3.60. The number of nitriles is 1. The molecule has 1 aromatic heterocycles. The molecule has 0 saturated carbocycles. The molecule has 2 aliphatic heterocycles. The van der Waals surface area contributed by atoms with E-state index in [4.69, 9.17) is 5.26 Å². The first-order chi connectivity index (χ1) is 13.3. The van der Waals surface area contributed by atoms with Crippen molar-refractivity contribution < 1.29 is 9.18 Å². The fourth-order valence-electron chi connectivity index (χ4n) is 3.18. The van der Waals surface area contributed by atoms with Crippen LogP contribution < -0.4 is 5.32 Å². The van der Waals surface area contributed by atoms with E-state index in [1.54, 1.807) is 43.8 Å². The Bertz CT molecular complexity index is 1190. The predicted molar refractivity (Wildman–Crippen MR) is 104 cm³/mol. The summed E-state index contributed by atoms with van der Waals surface area (Å²) < 4.78 is 15.2. The Labute approximate surface area is 160 Å². The summed E-state index contributed by atoms with van der Waals surface area (Å²) in [6.45, 7) is 3.60. The SMILES string of the molecule is Cn1nc(C2=CC3=NCC=C(C(=O)NC(C)(C)C#N)C3=N2)c2ccc(F)cc21. The van der Waals surface area contributed by atoms with Crippen molar-refractivity contribution in [3.63, 3.8) is 0 Å². The summed E-state index contributed by atoms with van der Waals surface area (Å²) in [6.07, 6.45) is 3.46. The molecule has 0 fully saturated rings. The summed E-state index contributed by atoms with van der Waals surface area (Å²) in [6, 6.07) is 6.51. The molecule has 0 spiro atoms. The van der Waals surface area contributed by atoms with Crippen molar-refractivity contribution in [1.29, 1.82) is 5.26 Å². The molecule has 4 rings (SSSR count). The molecular weight excluding hydrogens is 359 g/mol. The van der Waals surface area contributed by atoms with Crippen molar-refractivity contribution in [1.82, 2.24) is 15.1 Å². The molecule has 0 bridgehead atoms. The molecule has 0 radical (unpaired) electrons. The quantitative estimate of drug-likeness (QED) is 0.890. The number of hydrogen-bond acceptors (Lipinski definition) is 5. The van der Waals surface area contributed by atoms with Crippen LogP contribution in [0.5, 0.6) is 0 Å². The van der Waals surface area contributed by atoms with E-state index in [2.05, 4.69) is 20.4 Å². The number of aromatic nitrogens is 2. The van der Waals surface area contributed by atoms with Gasteiger partial charge in [-0.3, -0.25) is 14.5 Å². The van der Waals surface area contributed by atoms with E-state index in [9.17, 15) is 9.18 Å². The maximum atomic E-state index is 13.6. The third-order valence-electron chi connectivity index (χ3n) is 4.57. The number of benzene rings is 1. The molecule has 1 N–H and O–H groups in total. The van der Waals surface area contributed by atoms with Gasteiger partial charge >= 0.3 is 0 Å². The summed E-state index contributed by atoms with van der Waals surface area (Å²) >= 11 is 0. The lowest BCUT2D eigenvalue weighted by molar-refractivity contribution is -0.118. The molecule has 7 nitrogen and oxygen atoms in total. The smallest absolute Gasteiger partial charge is 0.254 e. The van der Waals surface area contributed by atoms with Gasteiger partial charge in [-0.05, 0) is 44.2 Å². The first-order valence-corrected chi connectivity index (χ1v) is 8.71. The highest BCUT2D eigenvalue weighted by Gasteiger charge is 2.31. The minimum Gasteiger partial charge on any atom is -0.334 e. The molecule has 1 amide bonds. The fourth-order valence-corrected chi connectivity index (χ4v) is 3.18. The summed E-state index contributed by atoms with van der Waals surface area (Å²) in [5.74, 6) is -0.714. The number of aryl methyl sites for hydroxylation is 1. The summed E-state index contributed by atoms with van der Waals surface area (Å²) in [5.41, 5.74) is 2.24. The van der Waals surface area contributed by atoms with Crippen LogP contribution in [0.4, 0.5) is 4.39 Å². The molecule has 1 aromatic carbocycles. The van der Waals surface area contributed by atoms with Crippen LogP contribution in [0.25, 0.3) is 16.6 Å². The first-order valence-electron chi connectivity index (χ1n) is 8.71. The molecule has 2 aromatic rings. The standard InChI is InChI=1S/C20H17FN6O/c1-20(2,10-22)25-19(28)13-6-7-23-14-9-15(24-17(13)14)18-12-5-4-11(21)8-16(12)27(3)26-18/h4-6,8-9H,7H2,1-3H3,(H,25,28). The number of nitrogens with one attached hydrogen (secondary N) is 1. The number of nitrogens with zero attached hydrogens (tertiary/aromatic N) is 5. The van der Waals surface area contributed by atoms with Crippen LogP contribution in [0.15, 0.2) is 45.9 Å². The van der Waals surface area contributed by atoms with Gasteiger partial charge in [0.2, 0.25) is 0 Å². The van der Waals surface area contributed by atoms with Gasteiger partial charge in [-0.25, -0.2) is 9.38 Å². The number of halogens is 1. The van der Waals surface area contributed by atoms with E-state index in [1.165, 1.54) is 12.1 Å². The van der Waals surface area contributed by atoms with Gasteiger partial charge in [0.1, 0.15) is 22.8 Å². The molecular formula is C20H17FN6O. The van der Waals surface area contributed by atoms with Crippen LogP contribution in [-0.4, -0.2) is 39.2 Å². The number of aliphatic imine (C=N–C) groups is 2. The zero-order valence-electron chi connectivity index (χ0n) is 15.6. The van der Waals surface area contributed by atoms with Gasteiger partial charge in [0.05, 0.1) is 35.1 Å². The lowest BCUT2D eigenvalue weighted by Gasteiger charge is -2.20. The third-order valence-corrected chi connectivity index (χ3v) is 4.57. The van der Waals surface area contributed by atoms with Gasteiger partial charge in [-0.1, -0.05) is 0 Å². The maximum Gasteiger partial charge on any atom is 0.254 e. The van der Waals surface area contributed by atoms with Crippen molar-refractivity contribution in [2.24, 2.45) is 17.0 Å². The number of allylic oxidation sites excluding steroid dienone is 1. The number of hydrogen-bond donors (Lipinski definition) is 1. The monoisotopic (exact) mass is 376 g/mol. The van der Waals surface area contributed by atoms with E-state index in [0.29, 0.717) is 40.4 Å². The summed E-state index contributed by atoms with van der Waals surface area (Å²) in [4.78, 5) is 21.7. The van der Waals surface area contributed by atoms with Crippen LogP contribution in [0.1, 0.15) is 19.5 Å². The number of amides is 1. The summed E-state index contributed by atoms with van der Waals surface area (Å²) in [5, 5.41) is 17.1. The molecule has 8 heteroatoms. The molecule has 0 unspecified atom stereocenters. The van der Waals surface area contributed by atoms with Crippen LogP contribution in [0.2, 0.25) is 0 Å². The fraction of sp³-hybridized carbons (Fsp3) is 0.250. The van der Waals surface area contributed by atoms with Gasteiger partial charge in [-0.15, -0.1) is 0 Å². The molecule has 0 aliphatic carbocycles. The van der Waals surface area contributed by atoms with E-state index < -0.39 is 5.54 Å². The van der Waals surface area contributed by atoms with E-state index in [-0.39, 0.29) is 11.7 Å². The van der Waals surface area contributed by atoms with Crippen molar-refractivity contribution in [2.45, 2.75) is 19.4 Å². The number of dihydropyridines is 1. The minimum absolute atomic E-state index is 0.339. The lowest BCUT2D eigenvalue weighted by Crippen LogP contribution is -2.44. The van der Waals surface area contributed by atoms with Crippen LogP contribution in [0.3, 0.4) is 0 Å². The second-order valence-electron chi connectivity index (χ2n) is 7.16. The Balaban J connectivity index is 1.72. The zero-order chi connectivity index (χ0) is 20.1. The number of carbonyl (C=O) groups is 1. The largest absolute Gasteiger partial charge is 0.334 e. The highest BCUT2D eigenvalue weighted by atomic mass is 19.1. The Kier molecular flexibility index (Phi) is 3.96. The molecule has 3 heterocycles. The van der Waals surface area contributed by atoms with Crippen molar-refractivity contribution in [3.05, 3.63) is 47.4 Å². The molecule has 0 saturated heterocycles. The predicted octanol–water partition coefficient (Wildman–Crippen LogP) is 2.31. The molecule has 2 aliphatic rings. The highest BCUT2D eigenvalue weighted by molar-refractivity contribution is 6.60. The first kappa shape index (κ1) is 17.8. The van der Waals surface area contributed by atoms with Crippen molar-refractivity contribution >= 4 is 33.9 Å². The number of carbonyl (C=O) groups excluding carboxylic acids is 1. The van der Waals surface area contributed by atoms with Gasteiger partial charge in [-0.2, -0.15) is 10.4 Å². The highest BCUT2D eigenvalue weighted by Crippen LogP contribution is 2.30. The minimum atomic E-state index is -0.997. The number of fused-ring (bicyclic) bond motifs is 2. The Morgan fingerprint density at radius 3 is 2.93 bits per heavy atom. The molecule has 28 heavy (non-hydrogen) atoms. The zero-order valence-corrected chi connectivity index (χ0v) is 15.6. The maximum absolute atomic E-state index is 13.6. The van der Waals surface area contributed by atoms with Crippen LogP contribution in [-0.2, 0) is 11.8 Å². The van der Waals surface area contributed by atoms with E-state index >= 15 is 0 Å². The normalized spacial score (nSPS) is 16.0. The van der Waals surface area contributed by atoms with Gasteiger partial charge < -0.3 is 5.32 Å². The third kappa shape index (κ3) is 2.91. The average molecular weight is 376 g/mol. The van der Waals surface area contributed by atoms with Crippen molar-refractivity contribution in [2.75, 3.05) is 6.54 Å². The lowest BCUT2D eigenvalue weighted by atomic mass is 10.0. The van der Waals surface area contributed by atoms with Gasteiger partial charge in [0.25, 0.3) is 5.91 Å². The van der Waals surface area contributed by atoms with Crippen molar-refractivity contribution in [3.8, 4) is 6.07 Å². The second kappa shape index (κ2) is 6.23. The van der Waals surface area contributed by atoms with E-state index in [0.717, 1.165) is 5.39 Å². The van der Waals surface area contributed by atoms with E-state index in [1.807, 2.05) is 6.07 Å². The Morgan fingerprint density at radius 1 is 1.39 bits per heavy atom.